The number of nitrogens with zero attached hydrogens (tertiary/aromatic N) is 4. The van der Waals surface area contributed by atoms with E-state index in [0.717, 1.165) is 0 Å². The van der Waals surface area contributed by atoms with Gasteiger partial charge in [0.2, 0.25) is 0 Å². The lowest BCUT2D eigenvalue weighted by molar-refractivity contribution is -0.0821. The van der Waals surface area contributed by atoms with Crippen LogP contribution in [0.3, 0.4) is 0 Å². The maximum atomic E-state index is 12.5. The van der Waals surface area contributed by atoms with Crippen molar-refractivity contribution in [1.82, 2.24) is 14.5 Å². The molecule has 9 nitrogen and oxygen atoms in total. The summed E-state index contributed by atoms with van der Waals surface area (Å²) in [5, 5.41) is 22.2. The molecule has 5 rings (SSSR count). The van der Waals surface area contributed by atoms with Crippen LogP contribution in [0, 0.1) is 11.3 Å². The Balaban J connectivity index is 1.55. The van der Waals surface area contributed by atoms with Gasteiger partial charge in [-0.15, -0.1) is 0 Å². The molecule has 3 aromatic rings. The zero-order valence-corrected chi connectivity index (χ0v) is 14.5. The van der Waals surface area contributed by atoms with Gasteiger partial charge in [0.25, 0.3) is 5.91 Å². The number of anilines is 1. The number of ether oxygens (including phenoxy) is 2. The summed E-state index contributed by atoms with van der Waals surface area (Å²) in [5.41, 5.74) is 1.24. The van der Waals surface area contributed by atoms with Crippen LogP contribution in [-0.4, -0.2) is 50.5 Å². The molecule has 0 unspecified atom stereocenters. The topological polar surface area (TPSA) is 126 Å². The summed E-state index contributed by atoms with van der Waals surface area (Å²) in [6.07, 6.45) is 1.68. The average Bonchev–Trinajstić information content (AvgIpc) is 3.30. The highest BCUT2D eigenvalue weighted by molar-refractivity contribution is 6.08. The van der Waals surface area contributed by atoms with Gasteiger partial charge in [-0.05, 0) is 12.1 Å². The first kappa shape index (κ1) is 16.8. The SMILES string of the molecule is N#Cc1cn([C@H]2O[C@@H](CO)[C@@H]3O[C@H]32)c2ncnc(NC(=O)c3ccccc3)c12. The van der Waals surface area contributed by atoms with Gasteiger partial charge in [-0.3, -0.25) is 4.79 Å². The Morgan fingerprint density at radius 3 is 2.79 bits per heavy atom. The van der Waals surface area contributed by atoms with Crippen molar-refractivity contribution in [3.63, 3.8) is 0 Å². The zero-order valence-electron chi connectivity index (χ0n) is 14.5. The molecule has 2 aromatic heterocycles. The minimum atomic E-state index is -0.501. The molecule has 1 amide bonds. The van der Waals surface area contributed by atoms with Crippen LogP contribution in [0.2, 0.25) is 0 Å². The highest BCUT2D eigenvalue weighted by atomic mass is 16.7. The molecule has 2 aliphatic heterocycles. The minimum absolute atomic E-state index is 0.144. The van der Waals surface area contributed by atoms with Crippen LogP contribution in [0.4, 0.5) is 5.82 Å². The Bertz CT molecular complexity index is 1110. The van der Waals surface area contributed by atoms with Crippen molar-refractivity contribution in [2.75, 3.05) is 11.9 Å². The normalized spacial score (nSPS) is 25.3. The summed E-state index contributed by atoms with van der Waals surface area (Å²) in [4.78, 5) is 21.0. The Morgan fingerprint density at radius 1 is 1.25 bits per heavy atom. The quantitative estimate of drug-likeness (QED) is 0.655. The molecular weight excluding hydrogens is 362 g/mol. The Hall–Kier alpha value is -3.32. The molecule has 2 N–H and O–H groups in total. The summed E-state index contributed by atoms with van der Waals surface area (Å²) in [6, 6.07) is 10.9. The summed E-state index contributed by atoms with van der Waals surface area (Å²) in [5.74, 6) is -0.0839. The molecule has 0 spiro atoms. The number of hydrogen-bond acceptors (Lipinski definition) is 7. The number of rotatable bonds is 4. The first-order chi connectivity index (χ1) is 13.7. The number of nitriles is 1. The van der Waals surface area contributed by atoms with Crippen LogP contribution < -0.4 is 5.32 Å². The van der Waals surface area contributed by atoms with Crippen LogP contribution in [0.1, 0.15) is 22.1 Å². The summed E-state index contributed by atoms with van der Waals surface area (Å²) >= 11 is 0. The van der Waals surface area contributed by atoms with Crippen molar-refractivity contribution in [1.29, 1.82) is 5.26 Å². The van der Waals surface area contributed by atoms with Gasteiger partial charge in [-0.1, -0.05) is 18.2 Å². The number of aromatic nitrogens is 3. The first-order valence-corrected chi connectivity index (χ1v) is 8.75. The molecule has 2 aliphatic rings. The highest BCUT2D eigenvalue weighted by Crippen LogP contribution is 2.46. The molecule has 1 aromatic carbocycles. The number of hydrogen-bond donors (Lipinski definition) is 2. The third-order valence-corrected chi connectivity index (χ3v) is 4.97. The van der Waals surface area contributed by atoms with Crippen molar-refractivity contribution in [3.8, 4) is 6.07 Å². The van der Waals surface area contributed by atoms with Gasteiger partial charge in [0.05, 0.1) is 17.6 Å². The fourth-order valence-corrected chi connectivity index (χ4v) is 3.60. The smallest absolute Gasteiger partial charge is 0.256 e. The lowest BCUT2D eigenvalue weighted by Crippen LogP contribution is -2.22. The minimum Gasteiger partial charge on any atom is -0.394 e. The van der Waals surface area contributed by atoms with Crippen molar-refractivity contribution < 1.29 is 19.4 Å². The largest absolute Gasteiger partial charge is 0.394 e. The Labute approximate surface area is 159 Å². The van der Waals surface area contributed by atoms with Gasteiger partial charge < -0.3 is 24.5 Å². The predicted molar refractivity (Wildman–Crippen MR) is 96.3 cm³/mol. The van der Waals surface area contributed by atoms with Crippen LogP contribution in [0.15, 0.2) is 42.9 Å². The van der Waals surface area contributed by atoms with Gasteiger partial charge in [0.15, 0.2) is 6.23 Å². The van der Waals surface area contributed by atoms with Crippen LogP contribution >= 0.6 is 0 Å². The van der Waals surface area contributed by atoms with Gasteiger partial charge in [-0.25, -0.2) is 9.97 Å². The fourth-order valence-electron chi connectivity index (χ4n) is 3.60. The maximum absolute atomic E-state index is 12.5. The second-order valence-corrected chi connectivity index (χ2v) is 6.62. The molecule has 0 saturated carbocycles. The van der Waals surface area contributed by atoms with E-state index < -0.39 is 12.3 Å². The molecular formula is C19H15N5O4. The fraction of sp³-hybridized carbons (Fsp3) is 0.263. The van der Waals surface area contributed by atoms with E-state index in [0.29, 0.717) is 22.2 Å². The molecule has 4 atom stereocenters. The number of aliphatic hydroxyl groups is 1. The molecule has 4 heterocycles. The van der Waals surface area contributed by atoms with E-state index in [9.17, 15) is 15.2 Å². The number of epoxide rings is 1. The number of carbonyl (C=O) groups excluding carboxylic acids is 1. The number of fused-ring (bicyclic) bond motifs is 2. The molecule has 9 heteroatoms. The third-order valence-electron chi connectivity index (χ3n) is 4.97. The van der Waals surface area contributed by atoms with E-state index in [2.05, 4.69) is 21.4 Å². The number of benzene rings is 1. The third kappa shape index (κ3) is 2.55. The van der Waals surface area contributed by atoms with Crippen molar-refractivity contribution in [2.45, 2.75) is 24.5 Å². The lowest BCUT2D eigenvalue weighted by Gasteiger charge is -2.18. The summed E-state index contributed by atoms with van der Waals surface area (Å²) in [6.45, 7) is -0.144. The molecule has 28 heavy (non-hydrogen) atoms. The van der Waals surface area contributed by atoms with E-state index in [1.165, 1.54) is 6.33 Å². The van der Waals surface area contributed by atoms with Gasteiger partial charge in [-0.2, -0.15) is 5.26 Å². The predicted octanol–water partition coefficient (Wildman–Crippen LogP) is 1.21. The van der Waals surface area contributed by atoms with Gasteiger partial charge >= 0.3 is 0 Å². The highest BCUT2D eigenvalue weighted by Gasteiger charge is 2.58. The molecule has 0 bridgehead atoms. The number of aliphatic hydroxyl groups excluding tert-OH is 1. The maximum Gasteiger partial charge on any atom is 0.256 e. The molecule has 0 aliphatic carbocycles. The zero-order chi connectivity index (χ0) is 19.3. The number of nitrogens with one attached hydrogen (secondary N) is 1. The second kappa shape index (κ2) is 6.38. The van der Waals surface area contributed by atoms with Crippen molar-refractivity contribution in [3.05, 3.63) is 54.0 Å². The van der Waals surface area contributed by atoms with Crippen molar-refractivity contribution >= 4 is 22.8 Å². The van der Waals surface area contributed by atoms with Crippen molar-refractivity contribution in [2.24, 2.45) is 0 Å². The lowest BCUT2D eigenvalue weighted by atomic mass is 10.2. The average molecular weight is 377 g/mol. The first-order valence-electron chi connectivity index (χ1n) is 8.75. The summed E-state index contributed by atoms with van der Waals surface area (Å²) < 4.78 is 13.1. The number of carbonyl (C=O) groups is 1. The van der Waals surface area contributed by atoms with E-state index in [1.54, 1.807) is 35.0 Å². The summed E-state index contributed by atoms with van der Waals surface area (Å²) in [7, 11) is 0. The van der Waals surface area contributed by atoms with Crippen LogP contribution in [-0.2, 0) is 9.47 Å². The van der Waals surface area contributed by atoms with E-state index in [1.807, 2.05) is 6.07 Å². The van der Waals surface area contributed by atoms with Crippen LogP contribution in [0.25, 0.3) is 11.0 Å². The van der Waals surface area contributed by atoms with E-state index >= 15 is 0 Å². The van der Waals surface area contributed by atoms with Crippen LogP contribution in [0.5, 0.6) is 0 Å². The molecule has 140 valence electrons. The molecule has 2 saturated heterocycles. The number of amides is 1. The standard InChI is InChI=1S/C19H15N5O4/c20-6-11-7-24(19-15-14(28-15)12(8-25)27-19)17-13(11)16(21-9-22-17)23-18(26)10-4-2-1-3-5-10/h1-5,7,9,12,14-15,19,25H,8H2,(H,21,22,23,26)/t12-,14-,15+,19-/m0/s1. The van der Waals surface area contributed by atoms with Gasteiger partial charge in [0.1, 0.15) is 42.2 Å². The monoisotopic (exact) mass is 377 g/mol. The molecule has 0 radical (unpaired) electrons. The van der Waals surface area contributed by atoms with Gasteiger partial charge in [0, 0.05) is 11.8 Å². The second-order valence-electron chi connectivity index (χ2n) is 6.62. The Morgan fingerprint density at radius 2 is 2.07 bits per heavy atom. The Kier molecular flexibility index (Phi) is 3.84. The molecule has 2 fully saturated rings. The van der Waals surface area contributed by atoms with E-state index in [-0.39, 0.29) is 30.5 Å². The van der Waals surface area contributed by atoms with E-state index in [4.69, 9.17) is 9.47 Å².